The van der Waals surface area contributed by atoms with Crippen LogP contribution >= 0.6 is 12.4 Å². The number of nitrogen functional groups attached to an aromatic ring is 1. The lowest BCUT2D eigenvalue weighted by Crippen LogP contribution is -2.46. The largest absolute Gasteiger partial charge is 0.399 e. The highest BCUT2D eigenvalue weighted by Crippen LogP contribution is 2.16. The monoisotopic (exact) mass is 373 g/mol. The number of nitrogens with zero attached hydrogens (tertiary/aromatic N) is 1. The van der Waals surface area contributed by atoms with Crippen LogP contribution in [-0.2, 0) is 0 Å². The van der Waals surface area contributed by atoms with Gasteiger partial charge in [-0.2, -0.15) is 0 Å². The number of nitrogens with two attached hydrogens (primary N) is 1. The van der Waals surface area contributed by atoms with Crippen molar-refractivity contribution in [1.82, 2.24) is 10.2 Å². The van der Waals surface area contributed by atoms with Crippen molar-refractivity contribution in [2.75, 3.05) is 18.8 Å². The third kappa shape index (κ3) is 4.55. The first-order valence-corrected chi connectivity index (χ1v) is 8.56. The van der Waals surface area contributed by atoms with Crippen LogP contribution in [0.15, 0.2) is 48.5 Å². The summed E-state index contributed by atoms with van der Waals surface area (Å²) >= 11 is 0. The third-order valence-corrected chi connectivity index (χ3v) is 4.64. The molecule has 1 aliphatic heterocycles. The Hall–Kier alpha value is -2.53. The van der Waals surface area contributed by atoms with Gasteiger partial charge in [0.1, 0.15) is 0 Å². The lowest BCUT2D eigenvalue weighted by atomic mass is 10.0. The molecule has 1 fully saturated rings. The van der Waals surface area contributed by atoms with Gasteiger partial charge in [-0.05, 0) is 49.6 Å². The van der Waals surface area contributed by atoms with Gasteiger partial charge in [0.05, 0.1) is 0 Å². The molecule has 1 heterocycles. The van der Waals surface area contributed by atoms with Crippen LogP contribution in [-0.4, -0.2) is 35.8 Å². The van der Waals surface area contributed by atoms with Crippen molar-refractivity contribution in [3.8, 4) is 0 Å². The summed E-state index contributed by atoms with van der Waals surface area (Å²) < 4.78 is 0. The normalized spacial score (nSPS) is 14.4. The molecule has 0 spiro atoms. The fourth-order valence-corrected chi connectivity index (χ4v) is 3.17. The van der Waals surface area contributed by atoms with Crippen LogP contribution in [0.25, 0.3) is 0 Å². The second-order valence-electron chi connectivity index (χ2n) is 6.48. The Labute approximate surface area is 160 Å². The molecule has 2 aromatic rings. The van der Waals surface area contributed by atoms with Crippen molar-refractivity contribution in [3.05, 3.63) is 65.2 Å². The summed E-state index contributed by atoms with van der Waals surface area (Å²) in [5.41, 5.74) is 8.63. The van der Waals surface area contributed by atoms with E-state index in [1.165, 1.54) is 0 Å². The van der Waals surface area contributed by atoms with Gasteiger partial charge in [-0.1, -0.05) is 24.3 Å². The van der Waals surface area contributed by atoms with Gasteiger partial charge in [0.2, 0.25) is 0 Å². The number of hydrogen-bond acceptors (Lipinski definition) is 3. The van der Waals surface area contributed by atoms with Gasteiger partial charge in [0.25, 0.3) is 11.8 Å². The van der Waals surface area contributed by atoms with Crippen LogP contribution in [0, 0.1) is 6.92 Å². The molecule has 0 aromatic heterocycles. The number of benzene rings is 2. The predicted molar refractivity (Wildman–Crippen MR) is 106 cm³/mol. The minimum Gasteiger partial charge on any atom is -0.399 e. The van der Waals surface area contributed by atoms with Gasteiger partial charge in [0, 0.05) is 35.9 Å². The number of carbonyl (C=O) groups excluding carboxylic acids is 2. The minimum absolute atomic E-state index is 0. The summed E-state index contributed by atoms with van der Waals surface area (Å²) in [6, 6.07) is 14.7. The SMILES string of the molecule is Cc1ccccc1C(=O)NC1CCN(C(=O)c2cccc(N)c2)CC1.Cl. The van der Waals surface area contributed by atoms with Gasteiger partial charge in [-0.15, -0.1) is 12.4 Å². The second kappa shape index (κ2) is 8.72. The molecule has 0 radical (unpaired) electrons. The first-order chi connectivity index (χ1) is 12.0. The minimum atomic E-state index is -0.0429. The summed E-state index contributed by atoms with van der Waals surface area (Å²) in [6.07, 6.45) is 1.51. The van der Waals surface area contributed by atoms with Crippen LogP contribution in [0.4, 0.5) is 5.69 Å². The number of nitrogens with one attached hydrogen (secondary N) is 1. The Kier molecular flexibility index (Phi) is 6.64. The first kappa shape index (κ1) is 19.8. The maximum Gasteiger partial charge on any atom is 0.253 e. The average Bonchev–Trinajstić information content (AvgIpc) is 2.62. The Morgan fingerprint density at radius 1 is 1.08 bits per heavy atom. The van der Waals surface area contributed by atoms with E-state index < -0.39 is 0 Å². The average molecular weight is 374 g/mol. The van der Waals surface area contributed by atoms with Crippen molar-refractivity contribution in [2.45, 2.75) is 25.8 Å². The van der Waals surface area contributed by atoms with Gasteiger partial charge in [-0.3, -0.25) is 9.59 Å². The molecule has 2 aromatic carbocycles. The van der Waals surface area contributed by atoms with Gasteiger partial charge in [0.15, 0.2) is 0 Å². The highest BCUT2D eigenvalue weighted by molar-refractivity contribution is 5.96. The Morgan fingerprint density at radius 3 is 2.42 bits per heavy atom. The van der Waals surface area contributed by atoms with Crippen molar-refractivity contribution >= 4 is 29.9 Å². The van der Waals surface area contributed by atoms with Gasteiger partial charge >= 0.3 is 0 Å². The molecule has 3 rings (SSSR count). The van der Waals surface area contributed by atoms with Gasteiger partial charge in [-0.25, -0.2) is 0 Å². The van der Waals surface area contributed by atoms with Crippen molar-refractivity contribution in [1.29, 1.82) is 0 Å². The highest BCUT2D eigenvalue weighted by Gasteiger charge is 2.25. The maximum atomic E-state index is 12.5. The van der Waals surface area contributed by atoms with Crippen LogP contribution in [0.1, 0.15) is 39.1 Å². The number of anilines is 1. The topological polar surface area (TPSA) is 75.4 Å². The number of amides is 2. The predicted octanol–water partition coefficient (Wildman–Crippen LogP) is 3.03. The van der Waals surface area contributed by atoms with E-state index in [-0.39, 0.29) is 30.3 Å². The van der Waals surface area contributed by atoms with E-state index in [1.807, 2.05) is 36.1 Å². The Balaban J connectivity index is 0.00000243. The van der Waals surface area contributed by atoms with Crippen LogP contribution < -0.4 is 11.1 Å². The fraction of sp³-hybridized carbons (Fsp3) is 0.300. The molecule has 138 valence electrons. The smallest absolute Gasteiger partial charge is 0.253 e. The van der Waals surface area contributed by atoms with Crippen LogP contribution in [0.3, 0.4) is 0 Å². The van der Waals surface area contributed by atoms with E-state index in [1.54, 1.807) is 24.3 Å². The van der Waals surface area contributed by atoms with Gasteiger partial charge < -0.3 is 16.0 Å². The molecule has 0 unspecified atom stereocenters. The molecule has 0 atom stereocenters. The van der Waals surface area contributed by atoms with E-state index in [2.05, 4.69) is 5.32 Å². The molecule has 2 amide bonds. The van der Waals surface area contributed by atoms with E-state index in [0.717, 1.165) is 18.4 Å². The number of carbonyl (C=O) groups is 2. The quantitative estimate of drug-likeness (QED) is 0.812. The van der Waals surface area contributed by atoms with Crippen LogP contribution in [0.2, 0.25) is 0 Å². The molecule has 5 nitrogen and oxygen atoms in total. The van der Waals surface area contributed by atoms with E-state index >= 15 is 0 Å². The van der Waals surface area contributed by atoms with Crippen molar-refractivity contribution in [2.24, 2.45) is 0 Å². The lowest BCUT2D eigenvalue weighted by molar-refractivity contribution is 0.0698. The molecular weight excluding hydrogens is 350 g/mol. The molecule has 3 N–H and O–H groups in total. The number of aryl methyl sites for hydroxylation is 1. The maximum absolute atomic E-state index is 12.5. The van der Waals surface area contributed by atoms with E-state index in [0.29, 0.717) is 29.9 Å². The van der Waals surface area contributed by atoms with Crippen LogP contribution in [0.5, 0.6) is 0 Å². The zero-order valence-electron chi connectivity index (χ0n) is 14.8. The summed E-state index contributed by atoms with van der Waals surface area (Å²) in [6.45, 7) is 3.19. The summed E-state index contributed by atoms with van der Waals surface area (Å²) in [4.78, 5) is 26.8. The third-order valence-electron chi connectivity index (χ3n) is 4.64. The molecule has 6 heteroatoms. The first-order valence-electron chi connectivity index (χ1n) is 8.56. The number of rotatable bonds is 3. The zero-order chi connectivity index (χ0) is 17.8. The summed E-state index contributed by atoms with van der Waals surface area (Å²) in [7, 11) is 0. The molecule has 0 saturated carbocycles. The lowest BCUT2D eigenvalue weighted by Gasteiger charge is -2.32. The number of halogens is 1. The molecular formula is C20H24ClN3O2. The van der Waals surface area contributed by atoms with E-state index in [4.69, 9.17) is 5.73 Å². The number of piperidine rings is 1. The molecule has 1 saturated heterocycles. The standard InChI is InChI=1S/C20H23N3O2.ClH/c1-14-5-2-3-8-18(14)19(24)22-17-9-11-23(12-10-17)20(25)15-6-4-7-16(21)13-15;/h2-8,13,17H,9-12,21H2,1H3,(H,22,24);1H. The number of hydrogen-bond donors (Lipinski definition) is 2. The Bertz CT molecular complexity index is 786. The summed E-state index contributed by atoms with van der Waals surface area (Å²) in [5, 5.41) is 3.09. The zero-order valence-corrected chi connectivity index (χ0v) is 15.6. The molecule has 26 heavy (non-hydrogen) atoms. The Morgan fingerprint density at radius 2 is 1.77 bits per heavy atom. The van der Waals surface area contributed by atoms with E-state index in [9.17, 15) is 9.59 Å². The molecule has 0 aliphatic carbocycles. The van der Waals surface area contributed by atoms with Crippen molar-refractivity contribution < 1.29 is 9.59 Å². The molecule has 0 bridgehead atoms. The second-order valence-corrected chi connectivity index (χ2v) is 6.48. The molecule has 1 aliphatic rings. The van der Waals surface area contributed by atoms with Crippen molar-refractivity contribution in [3.63, 3.8) is 0 Å². The number of likely N-dealkylation sites (tertiary alicyclic amines) is 1. The summed E-state index contributed by atoms with van der Waals surface area (Å²) in [5.74, 6) is -0.0466. The fourth-order valence-electron chi connectivity index (χ4n) is 3.17. The highest BCUT2D eigenvalue weighted by atomic mass is 35.5.